The number of rotatable bonds is 3. The molecule has 1 saturated heterocycles. The van der Waals surface area contributed by atoms with Gasteiger partial charge in [0.25, 0.3) is 0 Å². The Balaban J connectivity index is 2.49. The number of aliphatic hydroxyl groups is 1. The maximum absolute atomic E-state index is 11.4. The summed E-state index contributed by atoms with van der Waals surface area (Å²) in [4.78, 5) is 13.0. The van der Waals surface area contributed by atoms with Crippen LogP contribution in [0.2, 0.25) is 0 Å². The van der Waals surface area contributed by atoms with Crippen molar-refractivity contribution in [3.8, 4) is 0 Å². The molecule has 0 aromatic rings. The van der Waals surface area contributed by atoms with Gasteiger partial charge in [-0.05, 0) is 26.0 Å². The van der Waals surface area contributed by atoms with Gasteiger partial charge in [0, 0.05) is 12.5 Å². The first-order chi connectivity index (χ1) is 5.65. The Morgan fingerprint density at radius 2 is 2.58 bits per heavy atom. The molecular weight excluding hydrogens is 154 g/mol. The zero-order valence-corrected chi connectivity index (χ0v) is 7.36. The van der Waals surface area contributed by atoms with Gasteiger partial charge in [-0.1, -0.05) is 6.58 Å². The number of amides is 1. The van der Waals surface area contributed by atoms with Crippen LogP contribution in [0.25, 0.3) is 0 Å². The van der Waals surface area contributed by atoms with Crippen LogP contribution < -0.4 is 0 Å². The van der Waals surface area contributed by atoms with Gasteiger partial charge >= 0.3 is 0 Å². The maximum Gasteiger partial charge on any atom is 0.229 e. The summed E-state index contributed by atoms with van der Waals surface area (Å²) in [6.45, 7) is 6.01. The molecule has 0 radical (unpaired) electrons. The average molecular weight is 169 g/mol. The smallest absolute Gasteiger partial charge is 0.229 e. The molecule has 1 aliphatic heterocycles. The summed E-state index contributed by atoms with van der Waals surface area (Å²) in [7, 11) is 0. The number of carbonyl (C=O) groups excluding carboxylic acids is 1. The second-order valence-corrected chi connectivity index (χ2v) is 3.28. The van der Waals surface area contributed by atoms with Crippen LogP contribution in [0.5, 0.6) is 0 Å². The van der Waals surface area contributed by atoms with Gasteiger partial charge in [0.2, 0.25) is 5.91 Å². The van der Waals surface area contributed by atoms with E-state index in [2.05, 4.69) is 6.58 Å². The third-order valence-electron chi connectivity index (χ3n) is 2.20. The van der Waals surface area contributed by atoms with Crippen molar-refractivity contribution in [2.24, 2.45) is 5.92 Å². The normalized spacial score (nSPS) is 26.0. The van der Waals surface area contributed by atoms with E-state index in [4.69, 9.17) is 5.11 Å². The highest BCUT2D eigenvalue weighted by Crippen LogP contribution is 2.22. The average Bonchev–Trinajstić information content (AvgIpc) is 2.32. The molecule has 3 nitrogen and oxygen atoms in total. The number of hydrogen-bond donors (Lipinski definition) is 1. The van der Waals surface area contributed by atoms with Gasteiger partial charge in [0.05, 0.1) is 6.10 Å². The van der Waals surface area contributed by atoms with Crippen molar-refractivity contribution in [3.63, 3.8) is 0 Å². The van der Waals surface area contributed by atoms with Gasteiger partial charge in [-0.15, -0.1) is 0 Å². The highest BCUT2D eigenvalue weighted by Gasteiger charge is 2.30. The molecule has 1 heterocycles. The summed E-state index contributed by atoms with van der Waals surface area (Å²) in [5, 5.41) is 9.09. The SMILES string of the molecule is C=CN1CCC(CC(C)O)C1=O. The van der Waals surface area contributed by atoms with Crippen molar-refractivity contribution in [1.82, 2.24) is 4.90 Å². The van der Waals surface area contributed by atoms with Crippen LogP contribution in [0.4, 0.5) is 0 Å². The van der Waals surface area contributed by atoms with Crippen LogP contribution in [-0.2, 0) is 4.79 Å². The highest BCUT2D eigenvalue weighted by molar-refractivity contribution is 5.81. The fourth-order valence-electron chi connectivity index (χ4n) is 1.57. The second-order valence-electron chi connectivity index (χ2n) is 3.28. The Hall–Kier alpha value is -0.830. The molecule has 0 spiro atoms. The number of nitrogens with zero attached hydrogens (tertiary/aromatic N) is 1. The summed E-state index contributed by atoms with van der Waals surface area (Å²) in [6, 6.07) is 0. The minimum absolute atomic E-state index is 0.00278. The Bertz CT molecular complexity index is 189. The fourth-order valence-corrected chi connectivity index (χ4v) is 1.57. The van der Waals surface area contributed by atoms with Gasteiger partial charge in [-0.25, -0.2) is 0 Å². The predicted molar refractivity (Wildman–Crippen MR) is 46.3 cm³/mol. The third-order valence-corrected chi connectivity index (χ3v) is 2.20. The number of likely N-dealkylation sites (tertiary alicyclic amines) is 1. The number of carbonyl (C=O) groups is 1. The molecule has 0 aliphatic carbocycles. The van der Waals surface area contributed by atoms with Crippen LogP contribution in [0.15, 0.2) is 12.8 Å². The summed E-state index contributed by atoms with van der Waals surface area (Å²) >= 11 is 0. The molecule has 1 rings (SSSR count). The minimum atomic E-state index is -0.385. The lowest BCUT2D eigenvalue weighted by Gasteiger charge is -2.11. The topological polar surface area (TPSA) is 40.5 Å². The lowest BCUT2D eigenvalue weighted by Crippen LogP contribution is -2.23. The molecule has 2 unspecified atom stereocenters. The second kappa shape index (κ2) is 3.72. The third kappa shape index (κ3) is 1.85. The van der Waals surface area contributed by atoms with Crippen LogP contribution in [0.3, 0.4) is 0 Å². The molecule has 0 saturated carbocycles. The molecule has 2 atom stereocenters. The van der Waals surface area contributed by atoms with Gasteiger partial charge in [0.15, 0.2) is 0 Å². The van der Waals surface area contributed by atoms with E-state index in [0.717, 1.165) is 13.0 Å². The quantitative estimate of drug-likeness (QED) is 0.677. The van der Waals surface area contributed by atoms with E-state index >= 15 is 0 Å². The standard InChI is InChI=1S/C9H15NO2/c1-3-10-5-4-8(9(10)12)6-7(2)11/h3,7-8,11H,1,4-6H2,2H3. The molecule has 1 amide bonds. The first-order valence-electron chi connectivity index (χ1n) is 4.26. The molecule has 68 valence electrons. The highest BCUT2D eigenvalue weighted by atomic mass is 16.3. The van der Waals surface area contributed by atoms with E-state index in [1.807, 2.05) is 0 Å². The molecule has 0 bridgehead atoms. The zero-order chi connectivity index (χ0) is 9.14. The van der Waals surface area contributed by atoms with Crippen LogP contribution in [0, 0.1) is 5.92 Å². The maximum atomic E-state index is 11.4. The molecule has 1 fully saturated rings. The summed E-state index contributed by atoms with van der Waals surface area (Å²) in [5.41, 5.74) is 0. The predicted octanol–water partition coefficient (Wildman–Crippen LogP) is 0.749. The van der Waals surface area contributed by atoms with Crippen molar-refractivity contribution in [3.05, 3.63) is 12.8 Å². The van der Waals surface area contributed by atoms with E-state index in [-0.39, 0.29) is 17.9 Å². The Labute approximate surface area is 72.7 Å². The van der Waals surface area contributed by atoms with Crippen LogP contribution in [0.1, 0.15) is 19.8 Å². The van der Waals surface area contributed by atoms with E-state index in [1.165, 1.54) is 0 Å². The van der Waals surface area contributed by atoms with Gasteiger partial charge in [-0.3, -0.25) is 4.79 Å². The largest absolute Gasteiger partial charge is 0.393 e. The van der Waals surface area contributed by atoms with Crippen molar-refractivity contribution in [2.75, 3.05) is 6.54 Å². The molecule has 1 N–H and O–H groups in total. The summed E-state index contributed by atoms with van der Waals surface area (Å²) in [6.07, 6.45) is 2.59. The van der Waals surface area contributed by atoms with Crippen molar-refractivity contribution >= 4 is 5.91 Å². The van der Waals surface area contributed by atoms with E-state index in [0.29, 0.717) is 6.42 Å². The minimum Gasteiger partial charge on any atom is -0.393 e. The van der Waals surface area contributed by atoms with Gasteiger partial charge in [-0.2, -0.15) is 0 Å². The van der Waals surface area contributed by atoms with Gasteiger partial charge in [0.1, 0.15) is 0 Å². The summed E-state index contributed by atoms with van der Waals surface area (Å²) in [5.74, 6) is 0.105. The fraction of sp³-hybridized carbons (Fsp3) is 0.667. The Kier molecular flexibility index (Phi) is 2.87. The van der Waals surface area contributed by atoms with Crippen LogP contribution >= 0.6 is 0 Å². The van der Waals surface area contributed by atoms with Crippen molar-refractivity contribution < 1.29 is 9.90 Å². The number of hydrogen-bond acceptors (Lipinski definition) is 2. The van der Waals surface area contributed by atoms with E-state index < -0.39 is 0 Å². The molecule has 12 heavy (non-hydrogen) atoms. The van der Waals surface area contributed by atoms with Crippen molar-refractivity contribution in [2.45, 2.75) is 25.9 Å². The number of aliphatic hydroxyl groups excluding tert-OH is 1. The molecule has 0 aromatic heterocycles. The lowest BCUT2D eigenvalue weighted by atomic mass is 10.0. The lowest BCUT2D eigenvalue weighted by molar-refractivity contribution is -0.129. The van der Waals surface area contributed by atoms with E-state index in [9.17, 15) is 4.79 Å². The summed E-state index contributed by atoms with van der Waals surface area (Å²) < 4.78 is 0. The van der Waals surface area contributed by atoms with E-state index in [1.54, 1.807) is 18.0 Å². The van der Waals surface area contributed by atoms with Crippen molar-refractivity contribution in [1.29, 1.82) is 0 Å². The molecular formula is C9H15NO2. The molecule has 1 aliphatic rings. The zero-order valence-electron chi connectivity index (χ0n) is 7.36. The first kappa shape index (κ1) is 9.26. The Morgan fingerprint density at radius 1 is 1.92 bits per heavy atom. The molecule has 0 aromatic carbocycles. The first-order valence-corrected chi connectivity index (χ1v) is 4.26. The van der Waals surface area contributed by atoms with Gasteiger partial charge < -0.3 is 10.0 Å². The Morgan fingerprint density at radius 3 is 3.00 bits per heavy atom. The van der Waals surface area contributed by atoms with Crippen LogP contribution in [-0.4, -0.2) is 28.6 Å². The monoisotopic (exact) mass is 169 g/mol. The molecule has 3 heteroatoms.